The van der Waals surface area contributed by atoms with E-state index in [4.69, 9.17) is 0 Å². The molecule has 0 radical (unpaired) electrons. The molecule has 0 unspecified atom stereocenters. The Hall–Kier alpha value is -0.0800. The maximum Gasteiger partial charge on any atom is 0.0219 e. The van der Waals surface area contributed by atoms with Crippen LogP contribution in [0.1, 0.15) is 13.8 Å². The van der Waals surface area contributed by atoms with Crippen molar-refractivity contribution in [1.82, 2.24) is 9.80 Å². The second-order valence-electron chi connectivity index (χ2n) is 3.87. The van der Waals surface area contributed by atoms with Crippen LogP contribution in [0.3, 0.4) is 0 Å². The Labute approximate surface area is 70.2 Å². The predicted octanol–water partition coefficient (Wildman–Crippen LogP) is 1.05. The van der Waals surface area contributed by atoms with Gasteiger partial charge in [-0.3, -0.25) is 7.05 Å². The number of hydrogen-bond donors (Lipinski definition) is 0. The number of piperazine rings is 1. The number of nitrogens with zero attached hydrogens (tertiary/aromatic N) is 2. The van der Waals surface area contributed by atoms with Crippen molar-refractivity contribution in [2.24, 2.45) is 5.92 Å². The van der Waals surface area contributed by atoms with E-state index in [-0.39, 0.29) is 0 Å². The van der Waals surface area contributed by atoms with Gasteiger partial charge in [-0.15, -0.1) is 0 Å². The first-order valence-electron chi connectivity index (χ1n) is 4.37. The van der Waals surface area contributed by atoms with Crippen LogP contribution >= 0.6 is 0 Å². The van der Waals surface area contributed by atoms with Crippen molar-refractivity contribution in [3.05, 3.63) is 7.05 Å². The second kappa shape index (κ2) is 3.55. The minimum absolute atomic E-state index is 0.696. The molecule has 0 aromatic carbocycles. The lowest BCUT2D eigenvalue weighted by molar-refractivity contribution is 0.0953. The maximum atomic E-state index is 3.97. The third-order valence-electron chi connectivity index (χ3n) is 2.55. The van der Waals surface area contributed by atoms with Gasteiger partial charge in [0.1, 0.15) is 0 Å². The molecule has 0 aromatic rings. The Morgan fingerprint density at radius 1 is 1.36 bits per heavy atom. The van der Waals surface area contributed by atoms with Crippen molar-refractivity contribution in [2.75, 3.05) is 26.7 Å². The van der Waals surface area contributed by atoms with Crippen LogP contribution in [0.15, 0.2) is 0 Å². The third-order valence-corrected chi connectivity index (χ3v) is 2.55. The third kappa shape index (κ3) is 2.17. The minimum atomic E-state index is 0.696. The smallest absolute Gasteiger partial charge is 0.0219 e. The van der Waals surface area contributed by atoms with Crippen LogP contribution < -0.4 is 0 Å². The molecule has 0 aromatic heterocycles. The van der Waals surface area contributed by atoms with E-state index in [1.165, 1.54) is 0 Å². The fraction of sp³-hybridized carbons (Fsp3) is 0.889. The van der Waals surface area contributed by atoms with Gasteiger partial charge in [0.25, 0.3) is 0 Å². The van der Waals surface area contributed by atoms with E-state index < -0.39 is 0 Å². The molecule has 1 saturated heterocycles. The Morgan fingerprint density at radius 2 is 2.00 bits per heavy atom. The highest BCUT2D eigenvalue weighted by Gasteiger charge is 2.21. The van der Waals surface area contributed by atoms with Crippen LogP contribution in [-0.2, 0) is 0 Å². The summed E-state index contributed by atoms with van der Waals surface area (Å²) in [5, 5.41) is 0. The average Bonchev–Trinajstić information content (AvgIpc) is 1.94. The van der Waals surface area contributed by atoms with Gasteiger partial charge in [0.2, 0.25) is 0 Å². The molecule has 1 aliphatic heterocycles. The summed E-state index contributed by atoms with van der Waals surface area (Å²) in [5.74, 6) is 0.740. The Balaban J connectivity index is 2.47. The quantitative estimate of drug-likeness (QED) is 0.522. The molecule has 1 aliphatic rings. The van der Waals surface area contributed by atoms with E-state index in [1.54, 1.807) is 0 Å². The van der Waals surface area contributed by atoms with Crippen molar-refractivity contribution < 1.29 is 0 Å². The van der Waals surface area contributed by atoms with Gasteiger partial charge in [0.05, 0.1) is 0 Å². The molecular formula is C9H19N2-. The lowest BCUT2D eigenvalue weighted by Crippen LogP contribution is -2.51. The number of hydrogen-bond acceptors (Lipinski definition) is 2. The molecule has 1 rings (SSSR count). The molecule has 0 bridgehead atoms. The zero-order valence-corrected chi connectivity index (χ0v) is 7.88. The van der Waals surface area contributed by atoms with Gasteiger partial charge in [-0.25, -0.2) is 0 Å². The molecule has 0 amide bonds. The molecule has 0 saturated carbocycles. The molecule has 0 aliphatic carbocycles. The second-order valence-corrected chi connectivity index (χ2v) is 3.87. The standard InChI is InChI=1S/C9H19N2/c1-8(2)9-7-10(3)5-6-11(9)4/h8-9H,3,5-7H2,1-2,4H3/q-1/t9-/m1/s1. The normalized spacial score (nSPS) is 29.7. The molecule has 1 fully saturated rings. The highest BCUT2D eigenvalue weighted by Crippen LogP contribution is 2.14. The summed E-state index contributed by atoms with van der Waals surface area (Å²) < 4.78 is 0. The van der Waals surface area contributed by atoms with Crippen LogP contribution in [0.2, 0.25) is 0 Å². The van der Waals surface area contributed by atoms with E-state index in [2.05, 4.69) is 37.7 Å². The molecule has 11 heavy (non-hydrogen) atoms. The first-order valence-corrected chi connectivity index (χ1v) is 4.37. The van der Waals surface area contributed by atoms with Crippen molar-refractivity contribution >= 4 is 0 Å². The van der Waals surface area contributed by atoms with Crippen LogP contribution in [-0.4, -0.2) is 42.5 Å². The summed E-state index contributed by atoms with van der Waals surface area (Å²) in [6.07, 6.45) is 0. The monoisotopic (exact) mass is 155 g/mol. The predicted molar refractivity (Wildman–Crippen MR) is 48.2 cm³/mol. The van der Waals surface area contributed by atoms with Crippen molar-refractivity contribution in [3.8, 4) is 0 Å². The van der Waals surface area contributed by atoms with E-state index in [0.29, 0.717) is 6.04 Å². The van der Waals surface area contributed by atoms with Crippen LogP contribution in [0, 0.1) is 13.0 Å². The van der Waals surface area contributed by atoms with Gasteiger partial charge in [0, 0.05) is 12.6 Å². The van der Waals surface area contributed by atoms with Gasteiger partial charge < -0.3 is 9.80 Å². The Morgan fingerprint density at radius 3 is 2.45 bits per heavy atom. The maximum absolute atomic E-state index is 3.97. The summed E-state index contributed by atoms with van der Waals surface area (Å²) in [6, 6.07) is 0.696. The molecule has 0 N–H and O–H groups in total. The zero-order valence-electron chi connectivity index (χ0n) is 7.88. The first-order chi connectivity index (χ1) is 5.11. The van der Waals surface area contributed by atoms with Crippen molar-refractivity contribution in [2.45, 2.75) is 19.9 Å². The van der Waals surface area contributed by atoms with Crippen LogP contribution in [0.25, 0.3) is 0 Å². The average molecular weight is 155 g/mol. The topological polar surface area (TPSA) is 6.48 Å². The summed E-state index contributed by atoms with van der Waals surface area (Å²) >= 11 is 0. The van der Waals surface area contributed by atoms with Gasteiger partial charge in [-0.05, 0) is 26.1 Å². The van der Waals surface area contributed by atoms with Crippen molar-refractivity contribution in [1.29, 1.82) is 0 Å². The molecule has 66 valence electrons. The number of rotatable bonds is 1. The fourth-order valence-corrected chi connectivity index (χ4v) is 1.68. The summed E-state index contributed by atoms with van der Waals surface area (Å²) in [5.41, 5.74) is 0. The van der Waals surface area contributed by atoms with E-state index in [0.717, 1.165) is 25.6 Å². The molecule has 1 atom stereocenters. The Kier molecular flexibility index (Phi) is 2.90. The number of likely N-dealkylation sites (N-methyl/N-ethyl adjacent to an activating group) is 1. The lowest BCUT2D eigenvalue weighted by Gasteiger charge is -2.43. The van der Waals surface area contributed by atoms with E-state index >= 15 is 0 Å². The van der Waals surface area contributed by atoms with Gasteiger partial charge >= 0.3 is 0 Å². The minimum Gasteiger partial charge on any atom is -0.457 e. The molecule has 2 nitrogen and oxygen atoms in total. The fourth-order valence-electron chi connectivity index (χ4n) is 1.68. The molecule has 1 heterocycles. The summed E-state index contributed by atoms with van der Waals surface area (Å²) in [7, 11) is 6.18. The van der Waals surface area contributed by atoms with Gasteiger partial charge in [0.15, 0.2) is 0 Å². The van der Waals surface area contributed by atoms with Gasteiger partial charge in [-0.2, -0.15) is 0 Å². The summed E-state index contributed by atoms with van der Waals surface area (Å²) in [6.45, 7) is 7.95. The highest BCUT2D eigenvalue weighted by atomic mass is 15.3. The molecular weight excluding hydrogens is 136 g/mol. The summed E-state index contributed by atoms with van der Waals surface area (Å²) in [4.78, 5) is 4.61. The van der Waals surface area contributed by atoms with Gasteiger partial charge in [-0.1, -0.05) is 13.8 Å². The Bertz CT molecular complexity index is 123. The lowest BCUT2D eigenvalue weighted by atomic mass is 10.0. The molecule has 2 heteroatoms. The highest BCUT2D eigenvalue weighted by molar-refractivity contribution is 4.81. The van der Waals surface area contributed by atoms with Crippen LogP contribution in [0.5, 0.6) is 0 Å². The first kappa shape index (κ1) is 9.01. The molecule has 0 spiro atoms. The SMILES string of the molecule is [CH2-]N1CCN(C)[C@@H](C(C)C)C1. The zero-order chi connectivity index (χ0) is 8.43. The van der Waals surface area contributed by atoms with Crippen molar-refractivity contribution in [3.63, 3.8) is 0 Å². The van der Waals surface area contributed by atoms with Crippen LogP contribution in [0.4, 0.5) is 0 Å². The van der Waals surface area contributed by atoms with E-state index in [1.807, 2.05) is 0 Å². The van der Waals surface area contributed by atoms with E-state index in [9.17, 15) is 0 Å². The largest absolute Gasteiger partial charge is 0.457 e.